The lowest BCUT2D eigenvalue weighted by Gasteiger charge is -2.25. The summed E-state index contributed by atoms with van der Waals surface area (Å²) >= 11 is 0. The van der Waals surface area contributed by atoms with Crippen molar-refractivity contribution in [2.45, 2.75) is 24.5 Å². The fourth-order valence-electron chi connectivity index (χ4n) is 4.31. The molecule has 1 saturated heterocycles. The lowest BCUT2D eigenvalue weighted by Crippen LogP contribution is -2.43. The highest BCUT2D eigenvalue weighted by atomic mass is 16.7. The number of ether oxygens (including phenoxy) is 4. The van der Waals surface area contributed by atoms with Crippen LogP contribution in [0.4, 0.5) is 0 Å². The first-order chi connectivity index (χ1) is 19.9. The second-order valence-corrected chi connectivity index (χ2v) is 9.02. The van der Waals surface area contributed by atoms with Crippen molar-refractivity contribution in [3.8, 4) is 0 Å². The van der Waals surface area contributed by atoms with E-state index in [9.17, 15) is 24.0 Å². The summed E-state index contributed by atoms with van der Waals surface area (Å²) in [6.45, 7) is -0.408. The van der Waals surface area contributed by atoms with Crippen LogP contribution < -0.4 is 11.2 Å². The van der Waals surface area contributed by atoms with E-state index in [0.717, 1.165) is 10.6 Å². The topological polar surface area (TPSA) is 143 Å². The molecule has 11 heteroatoms. The zero-order chi connectivity index (χ0) is 28.8. The Bertz CT molecular complexity index is 1640. The molecule has 0 aliphatic carbocycles. The first-order valence-electron chi connectivity index (χ1n) is 12.6. The third kappa shape index (κ3) is 6.31. The minimum absolute atomic E-state index is 0.201. The normalized spacial score (nSPS) is 19.7. The molecule has 41 heavy (non-hydrogen) atoms. The standard InChI is InChI=1S/C30H24N2O9/c33-23-16-17-32(30(37)31-23)26-25(41-29(36)21-14-8-3-9-15-21)24(40-28(35)20-12-6-2-7-13-20)22(39-26)18-38-27(34)19-10-4-1-5-11-19/h1-17,22,24-26H,18H2,(H,31,33,37)/t22-,24-,25+,26?/m0/s1. The van der Waals surface area contributed by atoms with Gasteiger partial charge in [-0.1, -0.05) is 54.6 Å². The van der Waals surface area contributed by atoms with Crippen LogP contribution in [0.5, 0.6) is 0 Å². The minimum atomic E-state index is -1.38. The summed E-state index contributed by atoms with van der Waals surface area (Å²) in [6.07, 6.45) is -4.03. The highest BCUT2D eigenvalue weighted by molar-refractivity contribution is 5.91. The Labute approximate surface area is 232 Å². The van der Waals surface area contributed by atoms with Crippen molar-refractivity contribution in [1.82, 2.24) is 9.55 Å². The van der Waals surface area contributed by atoms with Gasteiger partial charge in [-0.15, -0.1) is 0 Å². The maximum atomic E-state index is 13.1. The predicted molar refractivity (Wildman–Crippen MR) is 143 cm³/mol. The maximum absolute atomic E-state index is 13.1. The molecule has 1 aliphatic rings. The van der Waals surface area contributed by atoms with Gasteiger partial charge in [-0.2, -0.15) is 0 Å². The SMILES string of the molecule is O=C(OC[C@@H]1OC(n2ccc(=O)[nH]c2=O)[C@H](OC(=O)c2ccccc2)[C@H]1OC(=O)c1ccccc1)c1ccccc1. The Morgan fingerprint density at radius 3 is 1.68 bits per heavy atom. The van der Waals surface area contributed by atoms with E-state index in [0.29, 0.717) is 0 Å². The number of nitrogens with zero attached hydrogens (tertiary/aromatic N) is 1. The molecule has 0 saturated carbocycles. The second kappa shape index (κ2) is 12.3. The van der Waals surface area contributed by atoms with Gasteiger partial charge in [-0.05, 0) is 36.4 Å². The quantitative estimate of drug-likeness (QED) is 0.256. The van der Waals surface area contributed by atoms with Crippen molar-refractivity contribution in [1.29, 1.82) is 0 Å². The van der Waals surface area contributed by atoms with Crippen LogP contribution in [0.25, 0.3) is 0 Å². The number of hydrogen-bond donors (Lipinski definition) is 1. The number of carbonyl (C=O) groups excluding carboxylic acids is 3. The molecule has 0 bridgehead atoms. The van der Waals surface area contributed by atoms with Crippen LogP contribution in [0, 0.1) is 0 Å². The Morgan fingerprint density at radius 2 is 1.17 bits per heavy atom. The Kier molecular flexibility index (Phi) is 8.16. The van der Waals surface area contributed by atoms with E-state index >= 15 is 0 Å². The van der Waals surface area contributed by atoms with E-state index in [1.807, 2.05) is 0 Å². The molecule has 4 aromatic rings. The summed E-state index contributed by atoms with van der Waals surface area (Å²) in [5.41, 5.74) is -0.804. The maximum Gasteiger partial charge on any atom is 0.338 e. The molecule has 0 spiro atoms. The number of carbonyl (C=O) groups is 3. The van der Waals surface area contributed by atoms with Gasteiger partial charge >= 0.3 is 23.6 Å². The smallest absolute Gasteiger partial charge is 0.338 e. The van der Waals surface area contributed by atoms with Crippen molar-refractivity contribution in [3.63, 3.8) is 0 Å². The number of benzene rings is 3. The van der Waals surface area contributed by atoms with Gasteiger partial charge in [0.15, 0.2) is 18.4 Å². The van der Waals surface area contributed by atoms with Crippen LogP contribution in [0.15, 0.2) is 113 Å². The van der Waals surface area contributed by atoms with Crippen LogP contribution in [-0.4, -0.2) is 52.4 Å². The van der Waals surface area contributed by atoms with E-state index in [2.05, 4.69) is 4.98 Å². The highest BCUT2D eigenvalue weighted by Gasteiger charge is 2.51. The summed E-state index contributed by atoms with van der Waals surface area (Å²) in [4.78, 5) is 65.5. The largest absolute Gasteiger partial charge is 0.459 e. The van der Waals surface area contributed by atoms with E-state index in [-0.39, 0.29) is 16.7 Å². The van der Waals surface area contributed by atoms with Gasteiger partial charge in [0.05, 0.1) is 16.7 Å². The molecule has 1 aromatic heterocycles. The second-order valence-electron chi connectivity index (χ2n) is 9.02. The highest BCUT2D eigenvalue weighted by Crippen LogP contribution is 2.34. The molecule has 4 atom stereocenters. The average molecular weight is 557 g/mol. The molecule has 208 valence electrons. The molecule has 5 rings (SSSR count). The third-order valence-electron chi connectivity index (χ3n) is 6.30. The monoisotopic (exact) mass is 556 g/mol. The molecular weight excluding hydrogens is 532 g/mol. The molecule has 1 N–H and O–H groups in total. The summed E-state index contributed by atoms with van der Waals surface area (Å²) in [6, 6.07) is 25.5. The molecular formula is C30H24N2O9. The minimum Gasteiger partial charge on any atom is -0.459 e. The molecule has 11 nitrogen and oxygen atoms in total. The first-order valence-corrected chi connectivity index (χ1v) is 12.6. The van der Waals surface area contributed by atoms with E-state index < -0.39 is 60.3 Å². The number of rotatable bonds is 8. The van der Waals surface area contributed by atoms with Crippen LogP contribution in [0.2, 0.25) is 0 Å². The Morgan fingerprint density at radius 1 is 0.683 bits per heavy atom. The molecule has 3 aromatic carbocycles. The third-order valence-corrected chi connectivity index (χ3v) is 6.30. The van der Waals surface area contributed by atoms with Crippen molar-refractivity contribution in [2.75, 3.05) is 6.61 Å². The van der Waals surface area contributed by atoms with Gasteiger partial charge in [-0.3, -0.25) is 14.3 Å². The molecule has 1 aliphatic heterocycles. The Balaban J connectivity index is 1.50. The predicted octanol–water partition coefficient (Wildman–Crippen LogP) is 2.74. The number of hydrogen-bond acceptors (Lipinski definition) is 9. The Hall–Kier alpha value is -5.29. The van der Waals surface area contributed by atoms with Gasteiger partial charge in [0.2, 0.25) is 0 Å². The molecule has 2 heterocycles. The number of H-pyrrole nitrogens is 1. The van der Waals surface area contributed by atoms with Crippen molar-refractivity contribution in [3.05, 3.63) is 141 Å². The van der Waals surface area contributed by atoms with Crippen LogP contribution >= 0.6 is 0 Å². The number of aromatic amines is 1. The van der Waals surface area contributed by atoms with Crippen molar-refractivity contribution in [2.24, 2.45) is 0 Å². The first kappa shape index (κ1) is 27.3. The van der Waals surface area contributed by atoms with E-state index in [1.54, 1.807) is 66.7 Å². The van der Waals surface area contributed by atoms with E-state index in [4.69, 9.17) is 18.9 Å². The fraction of sp³-hybridized carbons (Fsp3) is 0.167. The van der Waals surface area contributed by atoms with E-state index in [1.165, 1.54) is 30.5 Å². The lowest BCUT2D eigenvalue weighted by atomic mass is 10.1. The number of aromatic nitrogens is 2. The van der Waals surface area contributed by atoms with Crippen LogP contribution in [0.3, 0.4) is 0 Å². The molecule has 1 unspecified atom stereocenters. The van der Waals surface area contributed by atoms with Crippen LogP contribution in [-0.2, 0) is 18.9 Å². The van der Waals surface area contributed by atoms with Gasteiger partial charge in [0, 0.05) is 12.3 Å². The van der Waals surface area contributed by atoms with Crippen molar-refractivity contribution < 1.29 is 33.3 Å². The number of esters is 3. The van der Waals surface area contributed by atoms with Gasteiger partial charge in [-0.25, -0.2) is 19.2 Å². The zero-order valence-electron chi connectivity index (χ0n) is 21.5. The van der Waals surface area contributed by atoms with Gasteiger partial charge in [0.25, 0.3) is 5.56 Å². The lowest BCUT2D eigenvalue weighted by molar-refractivity contribution is -0.0640. The molecule has 0 radical (unpaired) electrons. The zero-order valence-corrected chi connectivity index (χ0v) is 21.5. The van der Waals surface area contributed by atoms with Crippen molar-refractivity contribution >= 4 is 17.9 Å². The summed E-state index contributed by atoms with van der Waals surface area (Å²) in [5.74, 6) is -2.19. The van der Waals surface area contributed by atoms with Crippen LogP contribution in [0.1, 0.15) is 37.3 Å². The summed E-state index contributed by atoms with van der Waals surface area (Å²) in [5, 5.41) is 0. The molecule has 0 amide bonds. The van der Waals surface area contributed by atoms with Gasteiger partial charge < -0.3 is 18.9 Å². The summed E-state index contributed by atoms with van der Waals surface area (Å²) < 4.78 is 24.1. The van der Waals surface area contributed by atoms with Gasteiger partial charge in [0.1, 0.15) is 12.7 Å². The molecule has 1 fully saturated rings. The fourth-order valence-corrected chi connectivity index (χ4v) is 4.31. The average Bonchev–Trinajstić information content (AvgIpc) is 3.33. The number of nitrogens with one attached hydrogen (secondary N) is 1. The summed E-state index contributed by atoms with van der Waals surface area (Å²) in [7, 11) is 0.